The van der Waals surface area contributed by atoms with Gasteiger partial charge in [-0.15, -0.1) is 11.3 Å². The third kappa shape index (κ3) is 47.6. The van der Waals surface area contributed by atoms with Crippen LogP contribution < -0.4 is 0 Å². The van der Waals surface area contributed by atoms with Crippen molar-refractivity contribution in [1.82, 2.24) is 29.9 Å². The average molecular weight is 1660 g/mol. The molecule has 15 rings (SSSR count). The summed E-state index contributed by atoms with van der Waals surface area (Å²) in [6, 6.07) is 64.2. The lowest BCUT2D eigenvalue weighted by Gasteiger charge is -2.22. The molecular formula is C114H156N6OS. The Morgan fingerprint density at radius 3 is 0.705 bits per heavy atom. The highest BCUT2D eigenvalue weighted by molar-refractivity contribution is 7.11. The SMILES string of the molecule is CC1CCC(C)CC1.Cc1cc(C)c(C)c(C)c1.Cc1cc(C)c(C)c(C)c1.Cc1ccc(C)c(C)c1.Cc1ccc(C)c(C)c1.Cc1ccc(C)c(C)c1C.Cc1ccc(C)cc1.Cc1ccc(C)nc1.Cc1ccc(C)nc1.Cc1ccc(C)o1.Cc1ccc(C)s1.Cc1ccc2cc(C)ccc2c1.Cc1cnc(C)nc1.Cc1cnc(C)nc1.[HH]. The van der Waals surface area contributed by atoms with Crippen molar-refractivity contribution in [2.75, 3.05) is 0 Å². The van der Waals surface area contributed by atoms with Crippen LogP contribution in [0.5, 0.6) is 0 Å². The fraction of sp³-hybridized carbons (Fsp3) is 0.368. The molecule has 1 aliphatic carbocycles. The van der Waals surface area contributed by atoms with Gasteiger partial charge in [-0.2, -0.15) is 0 Å². The van der Waals surface area contributed by atoms with Gasteiger partial charge in [-0.1, -0.05) is 230 Å². The van der Waals surface area contributed by atoms with E-state index in [0.29, 0.717) is 0 Å². The molecule has 7 nitrogen and oxygen atoms in total. The molecule has 0 radical (unpaired) electrons. The number of pyridine rings is 2. The molecule has 1 saturated carbocycles. The predicted molar refractivity (Wildman–Crippen MR) is 538 cm³/mol. The number of fused-ring (bicyclic) bond motifs is 1. The van der Waals surface area contributed by atoms with E-state index in [1.54, 1.807) is 0 Å². The first-order valence-corrected chi connectivity index (χ1v) is 44.2. The van der Waals surface area contributed by atoms with E-state index in [0.717, 1.165) is 57.5 Å². The second-order valence-electron chi connectivity index (χ2n) is 33.9. The van der Waals surface area contributed by atoms with Crippen LogP contribution in [0, 0.1) is 247 Å². The molecule has 0 aliphatic heterocycles. The molecule has 0 bridgehead atoms. The number of rotatable bonds is 0. The molecule has 0 spiro atoms. The van der Waals surface area contributed by atoms with Gasteiger partial charge in [-0.25, -0.2) is 19.9 Å². The number of hydrogen-bond donors (Lipinski definition) is 0. The van der Waals surface area contributed by atoms with Crippen LogP contribution in [-0.4, -0.2) is 29.9 Å². The topological polar surface area (TPSA) is 90.5 Å². The summed E-state index contributed by atoms with van der Waals surface area (Å²) in [6.07, 6.45) is 16.9. The molecule has 8 heteroatoms. The Hall–Kier alpha value is -10.5. The summed E-state index contributed by atoms with van der Waals surface area (Å²) in [5.74, 6) is 5.67. The second kappa shape index (κ2) is 57.7. The molecule has 0 saturated heterocycles. The van der Waals surface area contributed by atoms with Crippen molar-refractivity contribution in [2.45, 2.75) is 275 Å². The second-order valence-corrected chi connectivity index (χ2v) is 35.4. The minimum atomic E-state index is 0. The van der Waals surface area contributed by atoms with Crippen LogP contribution in [0.1, 0.15) is 230 Å². The molecule has 8 aromatic carbocycles. The Balaban J connectivity index is 0.000000663. The van der Waals surface area contributed by atoms with Crippen molar-refractivity contribution in [1.29, 1.82) is 0 Å². The van der Waals surface area contributed by atoms with Gasteiger partial charge in [0.05, 0.1) is 0 Å². The highest BCUT2D eigenvalue weighted by atomic mass is 32.1. The van der Waals surface area contributed by atoms with Gasteiger partial charge in [0.25, 0.3) is 0 Å². The number of furan rings is 1. The van der Waals surface area contributed by atoms with Gasteiger partial charge in [0.2, 0.25) is 0 Å². The summed E-state index contributed by atoms with van der Waals surface area (Å²) in [5.41, 5.74) is 37.1. The summed E-state index contributed by atoms with van der Waals surface area (Å²) in [4.78, 5) is 26.8. The highest BCUT2D eigenvalue weighted by Crippen LogP contribution is 2.27. The lowest BCUT2D eigenvalue weighted by atomic mass is 9.84. The molecule has 6 aromatic heterocycles. The van der Waals surface area contributed by atoms with Crippen LogP contribution in [0.2, 0.25) is 0 Å². The number of aryl methyl sites for hydroxylation is 30. The van der Waals surface area contributed by atoms with Crippen molar-refractivity contribution in [3.05, 3.63) is 408 Å². The van der Waals surface area contributed by atoms with E-state index in [1.807, 2.05) is 142 Å². The van der Waals surface area contributed by atoms with Crippen molar-refractivity contribution < 1.29 is 5.84 Å². The normalized spacial score (nSPS) is 11.6. The molecule has 0 unspecified atom stereocenters. The number of thiophene rings is 1. The molecule has 0 N–H and O–H groups in total. The summed E-state index contributed by atoms with van der Waals surface area (Å²) >= 11 is 1.84. The highest BCUT2D eigenvalue weighted by Gasteiger charge is 2.13. The van der Waals surface area contributed by atoms with Gasteiger partial charge < -0.3 is 4.42 Å². The van der Waals surface area contributed by atoms with E-state index in [1.165, 1.54) is 180 Å². The standard InChI is InChI=1S/C12H12.3C10H14.2C9H12.C8H16.C8H10.2C7H9N.2C6H8N2.C6H8O.C6H8S.H2/c1-9-3-5-12-8-10(2)4-6-11(12)7-9;2*1-7-5-8(2)10(4)9(3)6-7;1-7-5-6-8(2)10(4)9(7)3;2*1-7-4-5-8(2)9(3)6-7;2*1-7-3-5-8(2)6-4-7;2*1-6-3-4-7(2)8-5-6;2*1-5-3-7-6(2)8-4-5;2*1-5-3-4-6(2)7-5;/h3-8H,1-2H3;3*5-6H,1-4H3;2*4-6H,1-3H3;7-8H,3-6H2,1-2H3;3-6H,1-2H3;2*3-5H,1-2H3;2*3-4H,1-2H3;2*3-4H,1-2H3;1H. The molecular weight excluding hydrogens is 1500 g/mol. The molecule has 6 heterocycles. The minimum Gasteiger partial charge on any atom is -0.467 e. The summed E-state index contributed by atoms with van der Waals surface area (Å²) < 4.78 is 5.08. The Kier molecular flexibility index (Phi) is 50.9. The maximum Gasteiger partial charge on any atom is 0.125 e. The molecule has 0 atom stereocenters. The monoisotopic (exact) mass is 1660 g/mol. The minimum absolute atomic E-state index is 0. The summed E-state index contributed by atoms with van der Waals surface area (Å²) in [5, 5.41) is 2.67. The third-order valence-corrected chi connectivity index (χ3v) is 22.1. The molecule has 122 heavy (non-hydrogen) atoms. The number of aromatic nitrogens is 6. The van der Waals surface area contributed by atoms with Crippen molar-refractivity contribution in [3.8, 4) is 0 Å². The number of benzene rings is 8. The lowest BCUT2D eigenvalue weighted by molar-refractivity contribution is 0.308. The van der Waals surface area contributed by atoms with E-state index in [2.05, 4.69) is 368 Å². The van der Waals surface area contributed by atoms with Crippen LogP contribution in [0.4, 0.5) is 0 Å². The predicted octanol–water partition coefficient (Wildman–Crippen LogP) is 32.7. The van der Waals surface area contributed by atoms with Crippen LogP contribution in [-0.2, 0) is 0 Å². The molecule has 14 aromatic rings. The quantitative estimate of drug-likeness (QED) is 0.149. The van der Waals surface area contributed by atoms with Crippen LogP contribution >= 0.6 is 11.3 Å². The fourth-order valence-electron chi connectivity index (χ4n) is 12.0. The molecule has 1 aliphatic rings. The van der Waals surface area contributed by atoms with Gasteiger partial charge in [0.15, 0.2) is 0 Å². The first-order valence-electron chi connectivity index (χ1n) is 43.4. The Morgan fingerprint density at radius 1 is 0.221 bits per heavy atom. The first-order chi connectivity index (χ1) is 57.3. The number of nitrogens with zero attached hydrogens (tertiary/aromatic N) is 6. The molecule has 1 fully saturated rings. The van der Waals surface area contributed by atoms with Crippen LogP contribution in [0.25, 0.3) is 10.8 Å². The first kappa shape index (κ1) is 108. The van der Waals surface area contributed by atoms with E-state index < -0.39 is 0 Å². The van der Waals surface area contributed by atoms with Gasteiger partial charge in [-0.3, -0.25) is 9.97 Å². The van der Waals surface area contributed by atoms with Crippen molar-refractivity contribution in [2.24, 2.45) is 11.8 Å². The van der Waals surface area contributed by atoms with Gasteiger partial charge in [0, 0.05) is 59.7 Å². The summed E-state index contributed by atoms with van der Waals surface area (Å²) in [7, 11) is 0. The zero-order valence-electron chi connectivity index (χ0n) is 82.3. The molecule has 0 amide bonds. The number of hydrogen-bond acceptors (Lipinski definition) is 8. The zero-order chi connectivity index (χ0) is 91.9. The van der Waals surface area contributed by atoms with Crippen molar-refractivity contribution in [3.63, 3.8) is 0 Å². The maximum atomic E-state index is 5.08. The van der Waals surface area contributed by atoms with Gasteiger partial charge in [0.1, 0.15) is 23.2 Å². The smallest absolute Gasteiger partial charge is 0.125 e. The molecule has 654 valence electrons. The third-order valence-electron chi connectivity index (χ3n) is 21.2. The van der Waals surface area contributed by atoms with E-state index in [9.17, 15) is 0 Å². The largest absolute Gasteiger partial charge is 0.467 e. The summed E-state index contributed by atoms with van der Waals surface area (Å²) in [6.45, 7) is 75.7. The average Bonchev–Trinajstić information content (AvgIpc) is 1.56. The lowest BCUT2D eigenvalue weighted by Crippen LogP contribution is -2.08. The van der Waals surface area contributed by atoms with E-state index >= 15 is 0 Å². The Labute approximate surface area is 747 Å². The van der Waals surface area contributed by atoms with Crippen LogP contribution in [0.15, 0.2) is 224 Å². The Bertz CT molecular complexity index is 4620. The van der Waals surface area contributed by atoms with Crippen LogP contribution in [0.3, 0.4) is 0 Å². The van der Waals surface area contributed by atoms with E-state index in [-0.39, 0.29) is 1.43 Å². The van der Waals surface area contributed by atoms with Gasteiger partial charge in [-0.05, 0) is 395 Å². The Morgan fingerprint density at radius 2 is 0.475 bits per heavy atom. The van der Waals surface area contributed by atoms with E-state index in [4.69, 9.17) is 4.42 Å². The van der Waals surface area contributed by atoms with Gasteiger partial charge >= 0.3 is 0 Å². The maximum absolute atomic E-state index is 5.08. The fourth-order valence-corrected chi connectivity index (χ4v) is 12.8. The zero-order valence-corrected chi connectivity index (χ0v) is 83.1. The van der Waals surface area contributed by atoms with Crippen molar-refractivity contribution >= 4 is 22.1 Å².